The number of hydrogen-bond acceptors (Lipinski definition) is 4. The van der Waals surface area contributed by atoms with Crippen molar-refractivity contribution in [1.82, 2.24) is 0 Å². The number of rotatable bonds is 6. The van der Waals surface area contributed by atoms with E-state index in [4.69, 9.17) is 11.6 Å². The fourth-order valence-electron chi connectivity index (χ4n) is 3.26. The number of aromatic hydroxyl groups is 1. The Hall–Kier alpha value is -2.37. The Morgan fingerprint density at radius 2 is 2.00 bits per heavy atom. The Kier molecular flexibility index (Phi) is 6.14. The summed E-state index contributed by atoms with van der Waals surface area (Å²) < 4.78 is 0. The Morgan fingerprint density at radius 1 is 1.19 bits per heavy atom. The van der Waals surface area contributed by atoms with Gasteiger partial charge in [-0.15, -0.1) is 0 Å². The molecule has 1 atom stereocenters. The second-order valence-electron chi connectivity index (χ2n) is 6.58. The molecule has 27 heavy (non-hydrogen) atoms. The number of benzodiazepines with no additional fused rings is 1. The van der Waals surface area contributed by atoms with E-state index in [1.165, 1.54) is 0 Å². The van der Waals surface area contributed by atoms with Crippen molar-refractivity contribution in [2.24, 2.45) is 4.99 Å². The van der Waals surface area contributed by atoms with Crippen LogP contribution in [0.25, 0.3) is 0 Å². The van der Waals surface area contributed by atoms with Crippen LogP contribution in [0.3, 0.4) is 0 Å². The molecule has 1 unspecified atom stereocenters. The van der Waals surface area contributed by atoms with Crippen molar-refractivity contribution in [2.45, 2.75) is 32.2 Å². The van der Waals surface area contributed by atoms with Gasteiger partial charge < -0.3 is 15.1 Å². The fourth-order valence-corrected chi connectivity index (χ4v) is 3.43. The number of phenols is 1. The van der Waals surface area contributed by atoms with E-state index >= 15 is 0 Å². The van der Waals surface area contributed by atoms with Crippen molar-refractivity contribution in [1.29, 1.82) is 0 Å². The van der Waals surface area contributed by atoms with Crippen LogP contribution in [-0.2, 0) is 4.79 Å². The van der Waals surface area contributed by atoms with Crippen LogP contribution in [0.2, 0.25) is 5.02 Å². The Balaban J connectivity index is 2.15. The van der Waals surface area contributed by atoms with Gasteiger partial charge in [0.05, 0.1) is 18.0 Å². The molecule has 0 spiro atoms. The highest BCUT2D eigenvalue weighted by atomic mass is 35.5. The average Bonchev–Trinajstić information content (AvgIpc) is 2.77. The molecule has 0 saturated heterocycles. The number of aliphatic hydroxyl groups is 1. The van der Waals surface area contributed by atoms with E-state index in [0.717, 1.165) is 24.8 Å². The number of unbranched alkanes of at least 4 members (excludes halogenated alkanes) is 2. The molecule has 0 saturated carbocycles. The first-order valence-electron chi connectivity index (χ1n) is 9.14. The molecule has 0 aliphatic carbocycles. The summed E-state index contributed by atoms with van der Waals surface area (Å²) in [4.78, 5) is 19.3. The smallest absolute Gasteiger partial charge is 0.254 e. The SMILES string of the molecule is CCCCCN1C(=O)C(CO)N=C(c2cccc(O)c2)c2ccc(Cl)cc21. The molecule has 3 rings (SSSR count). The molecule has 2 aromatic rings. The van der Waals surface area contributed by atoms with Gasteiger partial charge in [-0.25, -0.2) is 0 Å². The zero-order valence-corrected chi connectivity index (χ0v) is 16.0. The van der Waals surface area contributed by atoms with Gasteiger partial charge in [-0.05, 0) is 36.8 Å². The van der Waals surface area contributed by atoms with Gasteiger partial charge in [0.15, 0.2) is 6.04 Å². The summed E-state index contributed by atoms with van der Waals surface area (Å²) in [6.07, 6.45) is 2.90. The lowest BCUT2D eigenvalue weighted by Crippen LogP contribution is -2.40. The number of benzene rings is 2. The molecule has 2 aromatic carbocycles. The maximum atomic E-state index is 13.1. The van der Waals surface area contributed by atoms with E-state index in [1.54, 1.807) is 35.2 Å². The summed E-state index contributed by atoms with van der Waals surface area (Å²) in [6, 6.07) is 11.2. The van der Waals surface area contributed by atoms with Crippen LogP contribution in [0.4, 0.5) is 5.69 Å². The summed E-state index contributed by atoms with van der Waals surface area (Å²) in [7, 11) is 0. The lowest BCUT2D eigenvalue weighted by Gasteiger charge is -2.25. The summed E-state index contributed by atoms with van der Waals surface area (Å²) in [6.45, 7) is 2.27. The van der Waals surface area contributed by atoms with Gasteiger partial charge in [0, 0.05) is 22.7 Å². The molecule has 6 heteroatoms. The first-order valence-corrected chi connectivity index (χ1v) is 9.52. The third-order valence-electron chi connectivity index (χ3n) is 4.62. The maximum absolute atomic E-state index is 13.1. The number of fused-ring (bicyclic) bond motifs is 1. The van der Waals surface area contributed by atoms with Gasteiger partial charge in [-0.1, -0.05) is 43.5 Å². The summed E-state index contributed by atoms with van der Waals surface area (Å²) in [5.74, 6) is -0.131. The predicted molar refractivity (Wildman–Crippen MR) is 108 cm³/mol. The van der Waals surface area contributed by atoms with Crippen molar-refractivity contribution < 1.29 is 15.0 Å². The van der Waals surface area contributed by atoms with Gasteiger partial charge >= 0.3 is 0 Å². The number of amides is 1. The second-order valence-corrected chi connectivity index (χ2v) is 7.02. The molecule has 0 radical (unpaired) electrons. The molecule has 0 fully saturated rings. The van der Waals surface area contributed by atoms with Gasteiger partial charge in [-0.3, -0.25) is 9.79 Å². The monoisotopic (exact) mass is 386 g/mol. The number of carbonyl (C=O) groups excluding carboxylic acids is 1. The van der Waals surface area contributed by atoms with Crippen molar-refractivity contribution in [3.63, 3.8) is 0 Å². The van der Waals surface area contributed by atoms with Crippen LogP contribution in [0.15, 0.2) is 47.5 Å². The molecule has 1 heterocycles. The number of hydrogen-bond donors (Lipinski definition) is 2. The van der Waals surface area contributed by atoms with Gasteiger partial charge in [0.2, 0.25) is 0 Å². The minimum atomic E-state index is -0.893. The highest BCUT2D eigenvalue weighted by molar-refractivity contribution is 6.31. The molecule has 1 aliphatic rings. The first kappa shape index (κ1) is 19.4. The normalized spacial score (nSPS) is 16.7. The molecule has 142 valence electrons. The third kappa shape index (κ3) is 4.15. The zero-order chi connectivity index (χ0) is 19.4. The van der Waals surface area contributed by atoms with Crippen molar-refractivity contribution in [3.8, 4) is 5.75 Å². The van der Waals surface area contributed by atoms with Crippen molar-refractivity contribution >= 4 is 28.9 Å². The molecule has 1 aliphatic heterocycles. The number of phenolic OH excluding ortho intramolecular Hbond substituents is 1. The number of aliphatic imine (C=N–C) groups is 1. The van der Waals surface area contributed by atoms with E-state index in [0.29, 0.717) is 28.5 Å². The topological polar surface area (TPSA) is 73.1 Å². The third-order valence-corrected chi connectivity index (χ3v) is 4.85. The Labute approximate surface area is 163 Å². The molecule has 2 N–H and O–H groups in total. The van der Waals surface area contributed by atoms with Crippen LogP contribution < -0.4 is 4.90 Å². The number of anilines is 1. The summed E-state index contributed by atoms with van der Waals surface area (Å²) in [5.41, 5.74) is 2.68. The molecule has 0 aromatic heterocycles. The van der Waals surface area contributed by atoms with E-state index in [1.807, 2.05) is 12.1 Å². The van der Waals surface area contributed by atoms with Crippen LogP contribution >= 0.6 is 11.6 Å². The first-order chi connectivity index (χ1) is 13.0. The van der Waals surface area contributed by atoms with Crippen LogP contribution in [0.5, 0.6) is 5.75 Å². The van der Waals surface area contributed by atoms with Crippen molar-refractivity contribution in [2.75, 3.05) is 18.1 Å². The minimum absolute atomic E-state index is 0.113. The van der Waals surface area contributed by atoms with Gasteiger partial charge in [0.1, 0.15) is 5.75 Å². The number of aliphatic hydroxyl groups excluding tert-OH is 1. The largest absolute Gasteiger partial charge is 0.508 e. The molecular formula is C21H23ClN2O3. The van der Waals surface area contributed by atoms with Crippen LogP contribution in [-0.4, -0.2) is 41.0 Å². The predicted octanol–water partition coefficient (Wildman–Crippen LogP) is 3.78. The minimum Gasteiger partial charge on any atom is -0.508 e. The highest BCUT2D eigenvalue weighted by Gasteiger charge is 2.31. The number of nitrogens with zero attached hydrogens (tertiary/aromatic N) is 2. The van der Waals surface area contributed by atoms with Crippen molar-refractivity contribution in [3.05, 3.63) is 58.6 Å². The summed E-state index contributed by atoms with van der Waals surface area (Å²) >= 11 is 6.23. The quantitative estimate of drug-likeness (QED) is 0.742. The van der Waals surface area contributed by atoms with E-state index in [9.17, 15) is 15.0 Å². The summed E-state index contributed by atoms with van der Waals surface area (Å²) in [5, 5.41) is 20.2. The lowest BCUT2D eigenvalue weighted by molar-refractivity contribution is -0.120. The number of carbonyl (C=O) groups is 1. The van der Waals surface area contributed by atoms with Gasteiger partial charge in [0.25, 0.3) is 5.91 Å². The lowest BCUT2D eigenvalue weighted by atomic mass is 10.00. The average molecular weight is 387 g/mol. The van der Waals surface area contributed by atoms with Crippen LogP contribution in [0, 0.1) is 0 Å². The Morgan fingerprint density at radius 3 is 2.70 bits per heavy atom. The molecule has 5 nitrogen and oxygen atoms in total. The molecule has 0 bridgehead atoms. The molecular weight excluding hydrogens is 364 g/mol. The fraction of sp³-hybridized carbons (Fsp3) is 0.333. The van der Waals surface area contributed by atoms with E-state index in [2.05, 4.69) is 11.9 Å². The van der Waals surface area contributed by atoms with Crippen LogP contribution in [0.1, 0.15) is 37.3 Å². The Bertz CT molecular complexity index is 866. The highest BCUT2D eigenvalue weighted by Crippen LogP contribution is 2.32. The second kappa shape index (κ2) is 8.55. The maximum Gasteiger partial charge on any atom is 0.254 e. The van der Waals surface area contributed by atoms with Gasteiger partial charge in [-0.2, -0.15) is 0 Å². The van der Waals surface area contributed by atoms with E-state index in [-0.39, 0.29) is 18.3 Å². The number of halogens is 1. The van der Waals surface area contributed by atoms with E-state index < -0.39 is 6.04 Å². The molecule has 1 amide bonds. The standard InChI is InChI=1S/C21H23ClN2O3/c1-2-3-4-10-24-19-12-15(22)8-9-17(19)20(23-18(13-25)21(24)27)14-6-5-7-16(26)11-14/h5-9,11-12,18,25-26H,2-4,10,13H2,1H3. The zero-order valence-electron chi connectivity index (χ0n) is 15.2.